The fourth-order valence-corrected chi connectivity index (χ4v) is 2.14. The van der Waals surface area contributed by atoms with Crippen LogP contribution in [0, 0.1) is 18.3 Å². The Balaban J connectivity index is 1.94. The summed E-state index contributed by atoms with van der Waals surface area (Å²) in [5, 5.41) is 12.6. The van der Waals surface area contributed by atoms with Crippen molar-refractivity contribution in [3.05, 3.63) is 71.3 Å². The first-order chi connectivity index (χ1) is 9.31. The fourth-order valence-electron chi connectivity index (χ4n) is 2.14. The average Bonchev–Trinajstić information content (AvgIpc) is 2.46. The number of benzene rings is 2. The van der Waals surface area contributed by atoms with Crippen LogP contribution in [0.5, 0.6) is 0 Å². The Kier molecular flexibility index (Phi) is 4.72. The van der Waals surface area contributed by atoms with E-state index in [-0.39, 0.29) is 6.04 Å². The SMILES string of the molecule is Cc1ccccc1C(C#N)NCCc1ccccc1. The third kappa shape index (κ3) is 3.67. The minimum atomic E-state index is -0.232. The fraction of sp³-hybridized carbons (Fsp3) is 0.235. The first kappa shape index (κ1) is 13.3. The molecule has 0 aromatic heterocycles. The van der Waals surface area contributed by atoms with Gasteiger partial charge in [0.2, 0.25) is 0 Å². The van der Waals surface area contributed by atoms with Crippen molar-refractivity contribution in [2.75, 3.05) is 6.54 Å². The van der Waals surface area contributed by atoms with Gasteiger partial charge >= 0.3 is 0 Å². The monoisotopic (exact) mass is 250 g/mol. The molecule has 0 saturated carbocycles. The van der Waals surface area contributed by atoms with Gasteiger partial charge in [-0.1, -0.05) is 54.6 Å². The van der Waals surface area contributed by atoms with Crippen molar-refractivity contribution >= 4 is 0 Å². The van der Waals surface area contributed by atoms with Crippen LogP contribution in [0.25, 0.3) is 0 Å². The van der Waals surface area contributed by atoms with Crippen molar-refractivity contribution in [3.8, 4) is 6.07 Å². The highest BCUT2D eigenvalue weighted by molar-refractivity contribution is 5.32. The predicted octanol–water partition coefficient (Wildman–Crippen LogP) is 3.39. The minimum Gasteiger partial charge on any atom is -0.298 e. The Morgan fingerprint density at radius 3 is 2.42 bits per heavy atom. The van der Waals surface area contributed by atoms with Crippen LogP contribution in [-0.2, 0) is 6.42 Å². The lowest BCUT2D eigenvalue weighted by atomic mass is 10.0. The van der Waals surface area contributed by atoms with Gasteiger partial charge < -0.3 is 0 Å². The van der Waals surface area contributed by atoms with Crippen molar-refractivity contribution in [3.63, 3.8) is 0 Å². The van der Waals surface area contributed by atoms with Gasteiger partial charge in [-0.25, -0.2) is 0 Å². The summed E-state index contributed by atoms with van der Waals surface area (Å²) < 4.78 is 0. The van der Waals surface area contributed by atoms with Crippen LogP contribution in [0.15, 0.2) is 54.6 Å². The number of rotatable bonds is 5. The second-order valence-electron chi connectivity index (χ2n) is 4.61. The first-order valence-electron chi connectivity index (χ1n) is 6.53. The van der Waals surface area contributed by atoms with Crippen LogP contribution in [0.1, 0.15) is 22.7 Å². The van der Waals surface area contributed by atoms with Gasteiger partial charge in [-0.2, -0.15) is 5.26 Å². The van der Waals surface area contributed by atoms with E-state index in [0.29, 0.717) is 0 Å². The lowest BCUT2D eigenvalue weighted by Gasteiger charge is -2.14. The van der Waals surface area contributed by atoms with Gasteiger partial charge in [-0.05, 0) is 30.0 Å². The molecule has 0 heterocycles. The maximum Gasteiger partial charge on any atom is 0.121 e. The standard InChI is InChI=1S/C17H18N2/c1-14-7-5-6-10-16(14)17(13-18)19-12-11-15-8-3-2-4-9-15/h2-10,17,19H,11-12H2,1H3. The molecule has 96 valence electrons. The Morgan fingerprint density at radius 2 is 1.74 bits per heavy atom. The normalized spacial score (nSPS) is 11.8. The summed E-state index contributed by atoms with van der Waals surface area (Å²) in [6.45, 7) is 2.84. The summed E-state index contributed by atoms with van der Waals surface area (Å²) in [5.74, 6) is 0. The summed E-state index contributed by atoms with van der Waals surface area (Å²) in [6, 6.07) is 20.4. The summed E-state index contributed by atoms with van der Waals surface area (Å²) in [6.07, 6.45) is 0.935. The zero-order valence-electron chi connectivity index (χ0n) is 11.1. The van der Waals surface area contributed by atoms with E-state index in [4.69, 9.17) is 0 Å². The molecule has 0 aliphatic carbocycles. The van der Waals surface area contributed by atoms with E-state index in [1.165, 1.54) is 5.56 Å². The lowest BCUT2D eigenvalue weighted by Crippen LogP contribution is -2.23. The molecule has 0 aliphatic heterocycles. The third-order valence-corrected chi connectivity index (χ3v) is 3.23. The Hall–Kier alpha value is -2.11. The topological polar surface area (TPSA) is 35.8 Å². The van der Waals surface area contributed by atoms with E-state index in [2.05, 4.69) is 23.5 Å². The van der Waals surface area contributed by atoms with Gasteiger partial charge in [0.1, 0.15) is 6.04 Å². The van der Waals surface area contributed by atoms with Gasteiger partial charge in [0.05, 0.1) is 6.07 Å². The number of hydrogen-bond donors (Lipinski definition) is 1. The van der Waals surface area contributed by atoms with Crippen molar-refractivity contribution in [2.45, 2.75) is 19.4 Å². The van der Waals surface area contributed by atoms with Crippen LogP contribution in [0.4, 0.5) is 0 Å². The highest BCUT2D eigenvalue weighted by atomic mass is 14.9. The zero-order valence-corrected chi connectivity index (χ0v) is 11.1. The maximum absolute atomic E-state index is 9.29. The van der Waals surface area contributed by atoms with E-state index in [9.17, 15) is 5.26 Å². The number of nitrogens with one attached hydrogen (secondary N) is 1. The third-order valence-electron chi connectivity index (χ3n) is 3.23. The molecule has 0 bridgehead atoms. The summed E-state index contributed by atoms with van der Waals surface area (Å²) >= 11 is 0. The second kappa shape index (κ2) is 6.72. The molecular weight excluding hydrogens is 232 g/mol. The van der Waals surface area contributed by atoms with E-state index < -0.39 is 0 Å². The summed E-state index contributed by atoms with van der Waals surface area (Å²) in [7, 11) is 0. The van der Waals surface area contributed by atoms with Crippen molar-refractivity contribution in [1.82, 2.24) is 5.32 Å². The van der Waals surface area contributed by atoms with Crippen LogP contribution < -0.4 is 5.32 Å². The van der Waals surface area contributed by atoms with Crippen LogP contribution in [0.2, 0.25) is 0 Å². The predicted molar refractivity (Wildman–Crippen MR) is 77.7 cm³/mol. The van der Waals surface area contributed by atoms with E-state index in [1.54, 1.807) is 0 Å². The molecular formula is C17H18N2. The quantitative estimate of drug-likeness (QED) is 0.883. The number of hydrogen-bond acceptors (Lipinski definition) is 2. The number of nitrogens with zero attached hydrogens (tertiary/aromatic N) is 1. The molecule has 2 nitrogen and oxygen atoms in total. The molecule has 0 spiro atoms. The average molecular weight is 250 g/mol. The van der Waals surface area contributed by atoms with Gasteiger partial charge in [0.15, 0.2) is 0 Å². The summed E-state index contributed by atoms with van der Waals surface area (Å²) in [5.41, 5.74) is 3.51. The Morgan fingerprint density at radius 1 is 1.05 bits per heavy atom. The van der Waals surface area contributed by atoms with Gasteiger partial charge in [-0.15, -0.1) is 0 Å². The highest BCUT2D eigenvalue weighted by Gasteiger charge is 2.11. The van der Waals surface area contributed by atoms with E-state index in [1.807, 2.05) is 49.4 Å². The molecule has 19 heavy (non-hydrogen) atoms. The molecule has 0 amide bonds. The number of aryl methyl sites for hydroxylation is 1. The van der Waals surface area contributed by atoms with Crippen molar-refractivity contribution < 1.29 is 0 Å². The van der Waals surface area contributed by atoms with Gasteiger partial charge in [0, 0.05) is 6.54 Å². The second-order valence-corrected chi connectivity index (χ2v) is 4.61. The van der Waals surface area contributed by atoms with Crippen molar-refractivity contribution in [2.24, 2.45) is 0 Å². The molecule has 1 N–H and O–H groups in total. The van der Waals surface area contributed by atoms with Crippen LogP contribution >= 0.6 is 0 Å². The van der Waals surface area contributed by atoms with Crippen LogP contribution in [0.3, 0.4) is 0 Å². The molecule has 2 heteroatoms. The number of nitriles is 1. The Bertz CT molecular complexity index is 555. The molecule has 0 radical (unpaired) electrons. The smallest absolute Gasteiger partial charge is 0.121 e. The molecule has 1 unspecified atom stereocenters. The molecule has 0 aliphatic rings. The molecule has 2 aromatic carbocycles. The van der Waals surface area contributed by atoms with Gasteiger partial charge in [0.25, 0.3) is 0 Å². The largest absolute Gasteiger partial charge is 0.298 e. The van der Waals surface area contributed by atoms with E-state index >= 15 is 0 Å². The van der Waals surface area contributed by atoms with E-state index in [0.717, 1.165) is 24.1 Å². The molecule has 1 atom stereocenters. The maximum atomic E-state index is 9.29. The molecule has 0 saturated heterocycles. The lowest BCUT2D eigenvalue weighted by molar-refractivity contribution is 0.627. The molecule has 0 fully saturated rings. The highest BCUT2D eigenvalue weighted by Crippen LogP contribution is 2.16. The van der Waals surface area contributed by atoms with Crippen molar-refractivity contribution in [1.29, 1.82) is 5.26 Å². The van der Waals surface area contributed by atoms with Gasteiger partial charge in [-0.3, -0.25) is 5.32 Å². The first-order valence-corrected chi connectivity index (χ1v) is 6.53. The molecule has 2 rings (SSSR count). The Labute approximate surface area is 114 Å². The molecule has 2 aromatic rings. The minimum absolute atomic E-state index is 0.232. The summed E-state index contributed by atoms with van der Waals surface area (Å²) in [4.78, 5) is 0. The zero-order chi connectivity index (χ0) is 13.5. The van der Waals surface area contributed by atoms with Crippen LogP contribution in [-0.4, -0.2) is 6.54 Å².